The third kappa shape index (κ3) is 5.21. The molecule has 11 heteroatoms. The lowest BCUT2D eigenvalue weighted by Crippen LogP contribution is -2.43. The van der Waals surface area contributed by atoms with Crippen LogP contribution in [0.15, 0.2) is 16.0 Å². The molecule has 3 rings (SSSR count). The average Bonchev–Trinajstić information content (AvgIpc) is 3.17. The number of aliphatic hydroxyl groups excluding tert-OH is 1. The number of halogens is 1. The molecule has 1 unspecified atom stereocenters. The van der Waals surface area contributed by atoms with E-state index in [1.54, 1.807) is 11.2 Å². The summed E-state index contributed by atoms with van der Waals surface area (Å²) in [6, 6.07) is 0. The van der Waals surface area contributed by atoms with Gasteiger partial charge in [-0.25, -0.2) is 4.99 Å². The van der Waals surface area contributed by atoms with Gasteiger partial charge in [0, 0.05) is 30.3 Å². The number of nitrogens with zero attached hydrogens (tertiary/aromatic N) is 4. The molecule has 1 aliphatic heterocycles. The van der Waals surface area contributed by atoms with Crippen LogP contribution in [0.1, 0.15) is 33.4 Å². The van der Waals surface area contributed by atoms with Gasteiger partial charge in [-0.15, -0.1) is 0 Å². The number of aromatic nitrogens is 3. The highest BCUT2D eigenvalue weighted by molar-refractivity contribution is 14.1. The van der Waals surface area contributed by atoms with Gasteiger partial charge in [0.1, 0.15) is 12.3 Å². The van der Waals surface area contributed by atoms with Crippen molar-refractivity contribution in [3.8, 4) is 0 Å². The maximum atomic E-state index is 12.6. The predicted molar refractivity (Wildman–Crippen MR) is 133 cm³/mol. The zero-order valence-corrected chi connectivity index (χ0v) is 22.3. The van der Waals surface area contributed by atoms with Crippen LogP contribution >= 0.6 is 22.6 Å². The number of aromatic amines is 1. The predicted octanol–water partition coefficient (Wildman–Crippen LogP) is 3.22. The summed E-state index contributed by atoms with van der Waals surface area (Å²) in [6.07, 6.45) is 2.29. The van der Waals surface area contributed by atoms with Crippen molar-refractivity contribution in [1.29, 1.82) is 0 Å². The number of rotatable bonds is 6. The number of nitrogens with one attached hydrogen (secondary N) is 1. The fraction of sp³-hybridized carbons (Fsp3) is 0.650. The Balaban J connectivity index is 1.86. The molecule has 0 amide bonds. The van der Waals surface area contributed by atoms with E-state index < -0.39 is 26.8 Å². The van der Waals surface area contributed by atoms with E-state index in [2.05, 4.69) is 71.4 Å². The molecule has 172 valence electrons. The second-order valence-corrected chi connectivity index (χ2v) is 15.7. The molecule has 3 heterocycles. The van der Waals surface area contributed by atoms with Gasteiger partial charge in [0.2, 0.25) is 5.95 Å². The number of aliphatic hydroxyl groups is 1. The van der Waals surface area contributed by atoms with Crippen LogP contribution < -0.4 is 5.56 Å². The van der Waals surface area contributed by atoms with E-state index in [1.807, 2.05) is 24.9 Å². The van der Waals surface area contributed by atoms with E-state index in [4.69, 9.17) is 9.16 Å². The van der Waals surface area contributed by atoms with Gasteiger partial charge in [-0.3, -0.25) is 9.78 Å². The third-order valence-corrected chi connectivity index (χ3v) is 11.3. The molecule has 0 spiro atoms. The summed E-state index contributed by atoms with van der Waals surface area (Å²) in [5.41, 5.74) is 0.234. The largest absolute Gasteiger partial charge is 0.414 e. The SMILES string of the molecule is CN(C)/C=N\c1nc2c(c(I)cn2[C@H]2CC(O)[C@@H](CO[Si](C)(C)C(C)(C)C)O2)c(=O)[nH]1. The molecule has 1 aliphatic rings. The second-order valence-electron chi connectivity index (χ2n) is 9.68. The molecule has 2 aromatic rings. The molecule has 0 bridgehead atoms. The summed E-state index contributed by atoms with van der Waals surface area (Å²) in [5.74, 6) is 0.221. The maximum absolute atomic E-state index is 12.6. The number of ether oxygens (including phenoxy) is 1. The average molecular weight is 561 g/mol. The van der Waals surface area contributed by atoms with Crippen molar-refractivity contribution < 1.29 is 14.3 Å². The third-order valence-electron chi connectivity index (χ3n) is 5.96. The first-order valence-corrected chi connectivity index (χ1v) is 14.3. The summed E-state index contributed by atoms with van der Waals surface area (Å²) in [6.45, 7) is 11.3. The molecule has 9 nitrogen and oxygen atoms in total. The molecule has 3 atom stereocenters. The van der Waals surface area contributed by atoms with Crippen molar-refractivity contribution >= 4 is 54.2 Å². The molecule has 0 aliphatic carbocycles. The lowest BCUT2D eigenvalue weighted by molar-refractivity contribution is -0.0403. The van der Waals surface area contributed by atoms with Crippen LogP contribution in [-0.4, -0.2) is 72.1 Å². The minimum atomic E-state index is -1.95. The molecule has 31 heavy (non-hydrogen) atoms. The Morgan fingerprint density at radius 3 is 2.77 bits per heavy atom. The monoisotopic (exact) mass is 561 g/mol. The quantitative estimate of drug-likeness (QED) is 0.243. The van der Waals surface area contributed by atoms with Crippen molar-refractivity contribution in [1.82, 2.24) is 19.4 Å². The van der Waals surface area contributed by atoms with Crippen LogP contribution in [0.2, 0.25) is 18.1 Å². The molecule has 2 N–H and O–H groups in total. The summed E-state index contributed by atoms with van der Waals surface area (Å²) in [4.78, 5) is 25.8. The number of fused-ring (bicyclic) bond motifs is 1. The van der Waals surface area contributed by atoms with Gasteiger partial charge < -0.3 is 23.7 Å². The van der Waals surface area contributed by atoms with Crippen molar-refractivity contribution in [3.05, 3.63) is 20.1 Å². The molecular formula is C20H32IN5O4Si. The standard InChI is InChI=1S/C20H32IN5O4Si/c1-20(2,3)31(6,7)29-10-14-13(27)8-15(30-14)26-9-12(21)16-17(26)23-19(24-18(16)28)22-11-25(4)5/h9,11,13-15,27H,8,10H2,1-7H3,(H,23,24,28)/b22-11-/t13?,14-,15-/m1/s1. The first kappa shape index (κ1) is 24.4. The zero-order chi connectivity index (χ0) is 23.1. The van der Waals surface area contributed by atoms with Gasteiger partial charge in [0.15, 0.2) is 14.0 Å². The Labute approximate surface area is 197 Å². The van der Waals surface area contributed by atoms with Crippen LogP contribution in [0.5, 0.6) is 0 Å². The first-order valence-electron chi connectivity index (χ1n) is 10.3. The van der Waals surface area contributed by atoms with E-state index >= 15 is 0 Å². The second kappa shape index (κ2) is 8.93. The molecular weight excluding hydrogens is 529 g/mol. The lowest BCUT2D eigenvalue weighted by atomic mass is 10.2. The Kier molecular flexibility index (Phi) is 7.01. The van der Waals surface area contributed by atoms with Gasteiger partial charge >= 0.3 is 0 Å². The molecule has 2 aromatic heterocycles. The van der Waals surface area contributed by atoms with Crippen molar-refractivity contribution in [2.45, 2.75) is 63.8 Å². The highest BCUT2D eigenvalue weighted by Gasteiger charge is 2.41. The smallest absolute Gasteiger partial charge is 0.262 e. The van der Waals surface area contributed by atoms with E-state index in [0.29, 0.717) is 24.1 Å². The lowest BCUT2D eigenvalue weighted by Gasteiger charge is -2.37. The number of hydrogen-bond acceptors (Lipinski definition) is 6. The number of H-pyrrole nitrogens is 1. The fourth-order valence-corrected chi connectivity index (χ4v) is 4.89. The Hall–Kier alpha value is -1.28. The van der Waals surface area contributed by atoms with Gasteiger partial charge in [-0.1, -0.05) is 20.8 Å². The van der Waals surface area contributed by atoms with E-state index in [9.17, 15) is 9.90 Å². The van der Waals surface area contributed by atoms with Crippen LogP contribution in [0.25, 0.3) is 11.0 Å². The van der Waals surface area contributed by atoms with E-state index in [1.165, 1.54) is 0 Å². The van der Waals surface area contributed by atoms with Crippen LogP contribution in [0, 0.1) is 3.57 Å². The fourth-order valence-electron chi connectivity index (χ4n) is 3.09. The number of aliphatic imine (C=N–C) groups is 1. The minimum Gasteiger partial charge on any atom is -0.414 e. The Bertz CT molecular complexity index is 1030. The Morgan fingerprint density at radius 2 is 2.16 bits per heavy atom. The van der Waals surface area contributed by atoms with E-state index in [-0.39, 0.29) is 16.5 Å². The summed E-state index contributed by atoms with van der Waals surface area (Å²) in [7, 11) is 1.72. The maximum Gasteiger partial charge on any atom is 0.262 e. The Morgan fingerprint density at radius 1 is 1.48 bits per heavy atom. The molecule has 0 radical (unpaired) electrons. The van der Waals surface area contributed by atoms with Crippen molar-refractivity contribution in [2.24, 2.45) is 4.99 Å². The molecule has 0 saturated carbocycles. The summed E-state index contributed by atoms with van der Waals surface area (Å²) >= 11 is 2.12. The van der Waals surface area contributed by atoms with Crippen LogP contribution in [0.4, 0.5) is 5.95 Å². The van der Waals surface area contributed by atoms with Crippen molar-refractivity contribution in [3.63, 3.8) is 0 Å². The highest BCUT2D eigenvalue weighted by atomic mass is 127. The van der Waals surface area contributed by atoms with Gasteiger partial charge in [-0.2, -0.15) is 4.98 Å². The van der Waals surface area contributed by atoms with Gasteiger partial charge in [0.05, 0.1) is 24.4 Å². The topological polar surface area (TPSA) is 105 Å². The molecule has 0 aromatic carbocycles. The normalized spacial score (nSPS) is 22.7. The van der Waals surface area contributed by atoms with E-state index in [0.717, 1.165) is 3.57 Å². The zero-order valence-electron chi connectivity index (χ0n) is 19.1. The van der Waals surface area contributed by atoms with Crippen LogP contribution in [-0.2, 0) is 9.16 Å². The first-order chi connectivity index (χ1) is 14.3. The molecule has 1 saturated heterocycles. The summed E-state index contributed by atoms with van der Waals surface area (Å²) in [5, 5.41) is 11.2. The summed E-state index contributed by atoms with van der Waals surface area (Å²) < 4.78 is 15.0. The number of hydrogen-bond donors (Lipinski definition) is 2. The van der Waals surface area contributed by atoms with Crippen LogP contribution in [0.3, 0.4) is 0 Å². The minimum absolute atomic E-state index is 0.0805. The van der Waals surface area contributed by atoms with Gasteiger partial charge in [0.25, 0.3) is 5.56 Å². The molecule has 1 fully saturated rings. The van der Waals surface area contributed by atoms with Crippen molar-refractivity contribution in [2.75, 3.05) is 20.7 Å². The van der Waals surface area contributed by atoms with Gasteiger partial charge in [-0.05, 0) is 40.7 Å². The highest BCUT2D eigenvalue weighted by Crippen LogP contribution is 2.38.